The molecule has 0 fully saturated rings. The summed E-state index contributed by atoms with van der Waals surface area (Å²) in [4.78, 5) is 0. The predicted molar refractivity (Wildman–Crippen MR) is 76.4 cm³/mol. The van der Waals surface area contributed by atoms with Crippen LogP contribution < -0.4 is 5.32 Å². The molecule has 0 saturated carbocycles. The van der Waals surface area contributed by atoms with E-state index in [0.717, 1.165) is 24.8 Å². The maximum atomic E-state index is 12.3. The van der Waals surface area contributed by atoms with Gasteiger partial charge in [-0.3, -0.25) is 0 Å². The van der Waals surface area contributed by atoms with E-state index in [1.165, 1.54) is 15.6 Å². The van der Waals surface area contributed by atoms with Gasteiger partial charge in [0.2, 0.25) is 0 Å². The Hall–Kier alpha value is -0.430. The summed E-state index contributed by atoms with van der Waals surface area (Å²) in [6, 6.07) is 1.76. The van der Waals surface area contributed by atoms with Crippen molar-refractivity contribution >= 4 is 21.4 Å². The maximum absolute atomic E-state index is 12.3. The zero-order valence-electron chi connectivity index (χ0n) is 11.3. The fourth-order valence-corrected chi connectivity index (χ4v) is 4.27. The molecule has 4 nitrogen and oxygen atoms in total. The molecule has 0 spiro atoms. The van der Waals surface area contributed by atoms with Crippen molar-refractivity contribution in [1.82, 2.24) is 9.62 Å². The molecule has 0 aromatic carbocycles. The largest absolute Gasteiger partial charge is 0.316 e. The second kappa shape index (κ2) is 7.23. The smallest absolute Gasteiger partial charge is 0.252 e. The molecule has 104 valence electrons. The van der Waals surface area contributed by atoms with Crippen LogP contribution in [0.2, 0.25) is 0 Å². The van der Waals surface area contributed by atoms with Crippen molar-refractivity contribution < 1.29 is 8.42 Å². The monoisotopic (exact) mass is 290 g/mol. The van der Waals surface area contributed by atoms with Crippen molar-refractivity contribution in [2.24, 2.45) is 0 Å². The van der Waals surface area contributed by atoms with Gasteiger partial charge in [-0.05, 0) is 30.5 Å². The molecule has 1 aromatic rings. The minimum absolute atomic E-state index is 0.437. The van der Waals surface area contributed by atoms with Gasteiger partial charge in [0.05, 0.1) is 0 Å². The summed E-state index contributed by atoms with van der Waals surface area (Å²) in [5, 5.41) is 4.91. The first-order chi connectivity index (χ1) is 8.52. The molecule has 0 atom stereocenters. The van der Waals surface area contributed by atoms with Crippen molar-refractivity contribution in [2.75, 3.05) is 20.6 Å². The Morgan fingerprint density at radius 2 is 2.11 bits per heavy atom. The topological polar surface area (TPSA) is 49.4 Å². The van der Waals surface area contributed by atoms with Crippen molar-refractivity contribution in [2.45, 2.75) is 36.9 Å². The highest BCUT2D eigenvalue weighted by molar-refractivity contribution is 7.91. The van der Waals surface area contributed by atoms with Crippen LogP contribution in [0.3, 0.4) is 0 Å². The average Bonchev–Trinajstić information content (AvgIpc) is 2.79. The fourth-order valence-electron chi connectivity index (χ4n) is 1.64. The Balaban J connectivity index is 2.71. The molecule has 0 radical (unpaired) electrons. The van der Waals surface area contributed by atoms with Crippen LogP contribution in [0.25, 0.3) is 0 Å². The van der Waals surface area contributed by atoms with Gasteiger partial charge in [0.1, 0.15) is 4.21 Å². The molecular weight excluding hydrogens is 268 g/mol. The Kier molecular flexibility index (Phi) is 6.28. The van der Waals surface area contributed by atoms with Crippen LogP contribution in [0.1, 0.15) is 31.7 Å². The molecule has 1 aromatic heterocycles. The standard InChI is InChI=1S/C12H22N2O2S2/c1-4-5-6-7-14(3)18(15,16)12-8-11(9-13-2)10-17-12/h8,10,13H,4-7,9H2,1-3H3. The van der Waals surface area contributed by atoms with Crippen LogP contribution >= 0.6 is 11.3 Å². The first-order valence-electron chi connectivity index (χ1n) is 6.20. The third-order valence-electron chi connectivity index (χ3n) is 2.75. The van der Waals surface area contributed by atoms with E-state index in [-0.39, 0.29) is 0 Å². The number of thiophene rings is 1. The molecule has 1 N–H and O–H groups in total. The van der Waals surface area contributed by atoms with Gasteiger partial charge in [-0.25, -0.2) is 12.7 Å². The van der Waals surface area contributed by atoms with E-state index in [9.17, 15) is 8.42 Å². The molecular formula is C12H22N2O2S2. The highest BCUT2D eigenvalue weighted by atomic mass is 32.2. The average molecular weight is 290 g/mol. The lowest BCUT2D eigenvalue weighted by molar-refractivity contribution is 0.455. The molecule has 1 heterocycles. The molecule has 6 heteroatoms. The Morgan fingerprint density at radius 3 is 2.72 bits per heavy atom. The molecule has 0 unspecified atom stereocenters. The summed E-state index contributed by atoms with van der Waals surface area (Å²) in [5.74, 6) is 0. The fraction of sp³-hybridized carbons (Fsp3) is 0.667. The zero-order valence-corrected chi connectivity index (χ0v) is 12.9. The van der Waals surface area contributed by atoms with E-state index < -0.39 is 10.0 Å². The van der Waals surface area contributed by atoms with E-state index in [0.29, 0.717) is 17.3 Å². The zero-order chi connectivity index (χ0) is 13.6. The molecule has 0 aliphatic heterocycles. The molecule has 0 aliphatic carbocycles. The maximum Gasteiger partial charge on any atom is 0.252 e. The second-order valence-corrected chi connectivity index (χ2v) is 7.52. The van der Waals surface area contributed by atoms with Crippen LogP contribution in [0, 0.1) is 0 Å². The number of rotatable bonds is 8. The van der Waals surface area contributed by atoms with Crippen LogP contribution in [0.4, 0.5) is 0 Å². The van der Waals surface area contributed by atoms with Gasteiger partial charge >= 0.3 is 0 Å². The lowest BCUT2D eigenvalue weighted by Gasteiger charge is -2.15. The second-order valence-electron chi connectivity index (χ2n) is 4.34. The Labute approximate surface area is 114 Å². The summed E-state index contributed by atoms with van der Waals surface area (Å²) >= 11 is 1.29. The van der Waals surface area contributed by atoms with Crippen LogP contribution in [-0.2, 0) is 16.6 Å². The predicted octanol–water partition coefficient (Wildman–Crippen LogP) is 2.28. The van der Waals surface area contributed by atoms with Crippen LogP contribution in [0.5, 0.6) is 0 Å². The van der Waals surface area contributed by atoms with E-state index in [1.807, 2.05) is 12.4 Å². The summed E-state index contributed by atoms with van der Waals surface area (Å²) in [6.45, 7) is 3.40. The number of nitrogens with one attached hydrogen (secondary N) is 1. The highest BCUT2D eigenvalue weighted by Crippen LogP contribution is 2.23. The van der Waals surface area contributed by atoms with Gasteiger partial charge in [0.25, 0.3) is 10.0 Å². The van der Waals surface area contributed by atoms with Crippen molar-refractivity contribution in [3.63, 3.8) is 0 Å². The van der Waals surface area contributed by atoms with Gasteiger partial charge in [0, 0.05) is 20.1 Å². The summed E-state index contributed by atoms with van der Waals surface area (Å²) in [5.41, 5.74) is 1.02. The van der Waals surface area contributed by atoms with Crippen LogP contribution in [0.15, 0.2) is 15.7 Å². The van der Waals surface area contributed by atoms with Gasteiger partial charge in [-0.15, -0.1) is 11.3 Å². The summed E-state index contributed by atoms with van der Waals surface area (Å²) in [7, 11) is 0.212. The molecule has 0 bridgehead atoms. The minimum Gasteiger partial charge on any atom is -0.316 e. The van der Waals surface area contributed by atoms with Gasteiger partial charge in [0.15, 0.2) is 0 Å². The van der Waals surface area contributed by atoms with E-state index in [4.69, 9.17) is 0 Å². The van der Waals surface area contributed by atoms with E-state index in [1.54, 1.807) is 13.1 Å². The number of nitrogens with zero attached hydrogens (tertiary/aromatic N) is 1. The van der Waals surface area contributed by atoms with E-state index in [2.05, 4.69) is 12.2 Å². The van der Waals surface area contributed by atoms with Crippen molar-refractivity contribution in [1.29, 1.82) is 0 Å². The Bertz CT molecular complexity index is 454. The van der Waals surface area contributed by atoms with Crippen molar-refractivity contribution in [3.05, 3.63) is 17.0 Å². The van der Waals surface area contributed by atoms with Crippen LogP contribution in [-0.4, -0.2) is 33.4 Å². The number of hydrogen-bond acceptors (Lipinski definition) is 4. The minimum atomic E-state index is -3.29. The van der Waals surface area contributed by atoms with Crippen molar-refractivity contribution in [3.8, 4) is 0 Å². The van der Waals surface area contributed by atoms with Gasteiger partial charge < -0.3 is 5.32 Å². The molecule has 18 heavy (non-hydrogen) atoms. The first-order valence-corrected chi connectivity index (χ1v) is 8.52. The number of hydrogen-bond donors (Lipinski definition) is 1. The lowest BCUT2D eigenvalue weighted by Crippen LogP contribution is -2.27. The number of sulfonamides is 1. The van der Waals surface area contributed by atoms with E-state index >= 15 is 0 Å². The highest BCUT2D eigenvalue weighted by Gasteiger charge is 2.22. The summed E-state index contributed by atoms with van der Waals surface area (Å²) in [6.07, 6.45) is 3.08. The van der Waals surface area contributed by atoms with Gasteiger partial charge in [-0.2, -0.15) is 0 Å². The third kappa shape index (κ3) is 4.05. The first kappa shape index (κ1) is 15.6. The van der Waals surface area contributed by atoms with Gasteiger partial charge in [-0.1, -0.05) is 19.8 Å². The molecule has 0 saturated heterocycles. The lowest BCUT2D eigenvalue weighted by atomic mass is 10.2. The normalized spacial score (nSPS) is 12.2. The Morgan fingerprint density at radius 1 is 1.39 bits per heavy atom. The quantitative estimate of drug-likeness (QED) is 0.747. The number of unbranched alkanes of at least 4 members (excludes halogenated alkanes) is 2. The summed E-state index contributed by atoms with van der Waals surface area (Å²) < 4.78 is 26.4. The third-order valence-corrected chi connectivity index (χ3v) is 6.07. The SMILES string of the molecule is CCCCCN(C)S(=O)(=O)c1cc(CNC)cs1. The molecule has 1 rings (SSSR count). The molecule has 0 aliphatic rings. The molecule has 0 amide bonds.